The molecule has 9 heteroatoms. The van der Waals surface area contributed by atoms with Gasteiger partial charge in [-0.05, 0) is 36.4 Å². The molecule has 6 nitrogen and oxygen atoms in total. The molecule has 0 radical (unpaired) electrons. The van der Waals surface area contributed by atoms with E-state index in [9.17, 15) is 13.6 Å². The minimum absolute atomic E-state index is 0.0183. The summed E-state index contributed by atoms with van der Waals surface area (Å²) < 4.78 is 28.4. The van der Waals surface area contributed by atoms with Crippen LogP contribution in [0.2, 0.25) is 0 Å². The molecule has 150 valence electrons. The summed E-state index contributed by atoms with van der Waals surface area (Å²) in [7, 11) is 0. The first-order valence-electron chi connectivity index (χ1n) is 8.89. The van der Waals surface area contributed by atoms with Crippen LogP contribution in [0.5, 0.6) is 0 Å². The lowest BCUT2D eigenvalue weighted by Gasteiger charge is -2.07. The number of benzene rings is 2. The molecule has 2 aromatic carbocycles. The molecule has 0 bridgehead atoms. The maximum absolute atomic E-state index is 13.6. The molecule has 1 amide bonds. The Bertz CT molecular complexity index is 1150. The fraction of sp³-hybridized carbons (Fsp3) is 0.0476. The van der Waals surface area contributed by atoms with Crippen LogP contribution in [-0.4, -0.2) is 31.4 Å². The second kappa shape index (κ2) is 8.83. The molecule has 2 heterocycles. The number of carbonyl (C=O) groups is 1. The second-order valence-electron chi connectivity index (χ2n) is 6.23. The summed E-state index contributed by atoms with van der Waals surface area (Å²) in [6.45, 7) is 0. The Hall–Kier alpha value is -3.59. The van der Waals surface area contributed by atoms with E-state index in [0.717, 1.165) is 23.4 Å². The number of aromatic nitrogens is 4. The highest BCUT2D eigenvalue weighted by Gasteiger charge is 2.10. The van der Waals surface area contributed by atoms with Gasteiger partial charge in [-0.15, -0.1) is 10.2 Å². The minimum atomic E-state index is -0.823. The van der Waals surface area contributed by atoms with Gasteiger partial charge < -0.3 is 9.88 Å². The number of amides is 1. The highest BCUT2D eigenvalue weighted by atomic mass is 32.2. The SMILES string of the molecule is O=C(CSc1ccc(-c2ccc(-n3ccnc3)cc2)nn1)Nc1ccc(F)cc1F. The zero-order valence-corrected chi connectivity index (χ0v) is 16.3. The predicted octanol–water partition coefficient (Wildman–Crippen LogP) is 4.34. The fourth-order valence-electron chi connectivity index (χ4n) is 2.68. The number of hydrogen-bond donors (Lipinski definition) is 1. The Morgan fingerprint density at radius 3 is 2.53 bits per heavy atom. The molecule has 0 saturated heterocycles. The maximum Gasteiger partial charge on any atom is 0.234 e. The van der Waals surface area contributed by atoms with E-state index in [1.165, 1.54) is 17.8 Å². The Balaban J connectivity index is 1.35. The summed E-state index contributed by atoms with van der Waals surface area (Å²) in [4.78, 5) is 16.0. The van der Waals surface area contributed by atoms with Crippen LogP contribution in [0.4, 0.5) is 14.5 Å². The summed E-state index contributed by atoms with van der Waals surface area (Å²) in [5, 5.41) is 11.3. The molecule has 0 aliphatic rings. The van der Waals surface area contributed by atoms with Crippen molar-refractivity contribution in [2.45, 2.75) is 5.03 Å². The molecule has 0 atom stereocenters. The number of nitrogens with one attached hydrogen (secondary N) is 1. The highest BCUT2D eigenvalue weighted by molar-refractivity contribution is 7.99. The normalized spacial score (nSPS) is 10.7. The molecule has 0 spiro atoms. The van der Waals surface area contributed by atoms with Gasteiger partial charge in [0.25, 0.3) is 0 Å². The first kappa shape index (κ1) is 19.7. The van der Waals surface area contributed by atoms with Crippen LogP contribution in [-0.2, 0) is 4.79 Å². The van der Waals surface area contributed by atoms with Gasteiger partial charge in [-0.2, -0.15) is 0 Å². The van der Waals surface area contributed by atoms with Gasteiger partial charge >= 0.3 is 0 Å². The summed E-state index contributed by atoms with van der Waals surface area (Å²) in [5.41, 5.74) is 2.53. The lowest BCUT2D eigenvalue weighted by molar-refractivity contribution is -0.113. The zero-order chi connectivity index (χ0) is 20.9. The summed E-state index contributed by atoms with van der Waals surface area (Å²) in [6.07, 6.45) is 5.30. The van der Waals surface area contributed by atoms with E-state index in [0.29, 0.717) is 10.7 Å². The van der Waals surface area contributed by atoms with Crippen molar-refractivity contribution in [3.8, 4) is 16.9 Å². The van der Waals surface area contributed by atoms with Gasteiger partial charge in [-0.25, -0.2) is 13.8 Å². The minimum Gasteiger partial charge on any atom is -0.323 e. The summed E-state index contributed by atoms with van der Waals surface area (Å²) >= 11 is 1.17. The molecular weight excluding hydrogens is 408 g/mol. The molecule has 4 aromatic rings. The molecule has 30 heavy (non-hydrogen) atoms. The van der Waals surface area contributed by atoms with E-state index < -0.39 is 17.5 Å². The van der Waals surface area contributed by atoms with Gasteiger partial charge in [0.05, 0.1) is 23.5 Å². The van der Waals surface area contributed by atoms with Gasteiger partial charge in [0.15, 0.2) is 0 Å². The first-order valence-corrected chi connectivity index (χ1v) is 9.87. The number of rotatable bonds is 6. The van der Waals surface area contributed by atoms with Crippen molar-refractivity contribution in [1.82, 2.24) is 19.7 Å². The summed E-state index contributed by atoms with van der Waals surface area (Å²) in [5.74, 6) is -1.93. The number of carbonyl (C=O) groups excluding carboxylic acids is 1. The lowest BCUT2D eigenvalue weighted by Crippen LogP contribution is -2.15. The molecule has 2 aromatic heterocycles. The van der Waals surface area contributed by atoms with Gasteiger partial charge in [-0.3, -0.25) is 4.79 Å². The van der Waals surface area contributed by atoms with Crippen LogP contribution in [0.3, 0.4) is 0 Å². The standard InChI is InChI=1S/C21H15F2N5OS/c22-15-3-6-19(17(23)11-15)25-20(29)12-30-21-8-7-18(26-27-21)14-1-4-16(5-2-14)28-10-9-24-13-28/h1-11,13H,12H2,(H,25,29). The van der Waals surface area contributed by atoms with E-state index in [1.54, 1.807) is 18.6 Å². The first-order chi connectivity index (χ1) is 14.6. The topological polar surface area (TPSA) is 72.7 Å². The van der Waals surface area contributed by atoms with Crippen molar-refractivity contribution >= 4 is 23.4 Å². The van der Waals surface area contributed by atoms with E-state index in [4.69, 9.17) is 0 Å². The van der Waals surface area contributed by atoms with Crippen LogP contribution in [0.1, 0.15) is 0 Å². The number of hydrogen-bond acceptors (Lipinski definition) is 5. The van der Waals surface area contributed by atoms with Crippen molar-refractivity contribution in [3.63, 3.8) is 0 Å². The van der Waals surface area contributed by atoms with Crippen molar-refractivity contribution in [2.24, 2.45) is 0 Å². The molecular formula is C21H15F2N5OS. The molecule has 0 saturated carbocycles. The van der Waals surface area contributed by atoms with Crippen LogP contribution in [0, 0.1) is 11.6 Å². The molecule has 4 rings (SSSR count). The van der Waals surface area contributed by atoms with Gasteiger partial charge in [0.1, 0.15) is 16.7 Å². The molecule has 0 aliphatic heterocycles. The van der Waals surface area contributed by atoms with E-state index in [2.05, 4.69) is 20.5 Å². The number of thioether (sulfide) groups is 1. The largest absolute Gasteiger partial charge is 0.323 e. The van der Waals surface area contributed by atoms with E-state index in [1.807, 2.05) is 41.1 Å². The molecule has 0 aliphatic carbocycles. The van der Waals surface area contributed by atoms with Crippen LogP contribution in [0.15, 0.2) is 78.3 Å². The Labute approximate surface area is 175 Å². The van der Waals surface area contributed by atoms with Crippen LogP contribution in [0.25, 0.3) is 16.9 Å². The number of halogens is 2. The Morgan fingerprint density at radius 2 is 1.87 bits per heavy atom. The maximum atomic E-state index is 13.6. The highest BCUT2D eigenvalue weighted by Crippen LogP contribution is 2.22. The molecule has 1 N–H and O–H groups in total. The van der Waals surface area contributed by atoms with Crippen LogP contribution >= 0.6 is 11.8 Å². The number of imidazole rings is 1. The lowest BCUT2D eigenvalue weighted by atomic mass is 10.1. The molecule has 0 fully saturated rings. The fourth-order valence-corrected chi connectivity index (χ4v) is 3.30. The second-order valence-corrected chi connectivity index (χ2v) is 7.23. The van der Waals surface area contributed by atoms with Gasteiger partial charge in [0, 0.05) is 29.7 Å². The predicted molar refractivity (Wildman–Crippen MR) is 110 cm³/mol. The number of nitrogens with zero attached hydrogens (tertiary/aromatic N) is 4. The smallest absolute Gasteiger partial charge is 0.234 e. The van der Waals surface area contributed by atoms with Crippen molar-refractivity contribution in [1.29, 1.82) is 0 Å². The third-order valence-electron chi connectivity index (χ3n) is 4.16. The van der Waals surface area contributed by atoms with E-state index in [-0.39, 0.29) is 11.4 Å². The van der Waals surface area contributed by atoms with Crippen LogP contribution < -0.4 is 5.32 Å². The zero-order valence-electron chi connectivity index (χ0n) is 15.5. The third-order valence-corrected chi connectivity index (χ3v) is 5.08. The van der Waals surface area contributed by atoms with Crippen molar-refractivity contribution < 1.29 is 13.6 Å². The average molecular weight is 423 g/mol. The van der Waals surface area contributed by atoms with Crippen molar-refractivity contribution in [3.05, 3.63) is 85.0 Å². The van der Waals surface area contributed by atoms with E-state index >= 15 is 0 Å². The third kappa shape index (κ3) is 4.69. The van der Waals surface area contributed by atoms with Crippen molar-refractivity contribution in [2.75, 3.05) is 11.1 Å². The summed E-state index contributed by atoms with van der Waals surface area (Å²) in [6, 6.07) is 14.4. The molecule has 0 unspecified atom stereocenters. The van der Waals surface area contributed by atoms with Gasteiger partial charge in [0.2, 0.25) is 5.91 Å². The Morgan fingerprint density at radius 1 is 1.03 bits per heavy atom. The Kier molecular flexibility index (Phi) is 5.80. The monoisotopic (exact) mass is 423 g/mol. The average Bonchev–Trinajstić information content (AvgIpc) is 3.30. The number of anilines is 1. The van der Waals surface area contributed by atoms with Gasteiger partial charge in [-0.1, -0.05) is 23.9 Å². The quantitative estimate of drug-likeness (QED) is 0.467.